The lowest BCUT2D eigenvalue weighted by Crippen LogP contribution is -2.37. The van der Waals surface area contributed by atoms with E-state index in [4.69, 9.17) is 5.73 Å². The number of hydrogen-bond acceptors (Lipinski definition) is 2. The molecule has 0 aromatic heterocycles. The predicted octanol–water partition coefficient (Wildman–Crippen LogP) is 2.57. The summed E-state index contributed by atoms with van der Waals surface area (Å²) in [5.74, 6) is 6.71. The summed E-state index contributed by atoms with van der Waals surface area (Å²) < 4.78 is 0. The number of benzene rings is 1. The number of nitrogens with two attached hydrogens (primary N) is 1. The predicted molar refractivity (Wildman–Crippen MR) is 86.0 cm³/mol. The molecule has 1 amide bonds. The van der Waals surface area contributed by atoms with Crippen molar-refractivity contribution >= 4 is 5.91 Å². The van der Waals surface area contributed by atoms with Gasteiger partial charge in [0.05, 0.1) is 6.54 Å². The topological polar surface area (TPSA) is 46.3 Å². The first-order chi connectivity index (χ1) is 10.2. The van der Waals surface area contributed by atoms with Crippen molar-refractivity contribution < 1.29 is 4.79 Å². The smallest absolute Gasteiger partial charge is 0.254 e. The van der Waals surface area contributed by atoms with Crippen LogP contribution >= 0.6 is 0 Å². The fraction of sp³-hybridized carbons (Fsp3) is 0.500. The summed E-state index contributed by atoms with van der Waals surface area (Å²) in [6, 6.07) is 5.74. The minimum absolute atomic E-state index is 0.123. The Morgan fingerprint density at radius 1 is 1.43 bits per heavy atom. The van der Waals surface area contributed by atoms with Gasteiger partial charge in [0.25, 0.3) is 5.91 Å². The van der Waals surface area contributed by atoms with Crippen molar-refractivity contribution in [2.75, 3.05) is 19.6 Å². The fourth-order valence-corrected chi connectivity index (χ4v) is 2.66. The molecule has 0 atom stereocenters. The van der Waals surface area contributed by atoms with Crippen molar-refractivity contribution in [3.05, 3.63) is 34.9 Å². The molecule has 1 aliphatic rings. The van der Waals surface area contributed by atoms with Crippen LogP contribution in [-0.4, -0.2) is 30.4 Å². The van der Waals surface area contributed by atoms with Crippen molar-refractivity contribution in [3.63, 3.8) is 0 Å². The molecule has 0 spiro atoms. The highest BCUT2D eigenvalue weighted by atomic mass is 16.2. The van der Waals surface area contributed by atoms with Gasteiger partial charge in [0, 0.05) is 24.2 Å². The largest absolute Gasteiger partial charge is 0.339 e. The molecule has 0 aliphatic heterocycles. The highest BCUT2D eigenvalue weighted by molar-refractivity contribution is 5.96. The third-order valence-corrected chi connectivity index (χ3v) is 4.26. The van der Waals surface area contributed by atoms with Crippen molar-refractivity contribution in [1.29, 1.82) is 0 Å². The lowest BCUT2D eigenvalue weighted by molar-refractivity contribution is 0.0705. The average molecular weight is 284 g/mol. The molecule has 3 nitrogen and oxygen atoms in total. The van der Waals surface area contributed by atoms with Crippen LogP contribution in [0.15, 0.2) is 18.2 Å². The first-order valence-corrected chi connectivity index (χ1v) is 7.75. The van der Waals surface area contributed by atoms with Crippen molar-refractivity contribution in [2.45, 2.75) is 33.1 Å². The van der Waals surface area contributed by atoms with Gasteiger partial charge in [-0.25, -0.2) is 0 Å². The quantitative estimate of drug-likeness (QED) is 0.864. The molecule has 0 heterocycles. The van der Waals surface area contributed by atoms with Gasteiger partial charge < -0.3 is 10.6 Å². The maximum atomic E-state index is 12.8. The lowest BCUT2D eigenvalue weighted by Gasteiger charge is -2.32. The standard InChI is InChI=1S/C18H24N2O/c1-3-20(13-15-7-4-8-15)18(21)17-11-5-9-16(14(17)2)10-6-12-19/h5,9,11,15H,3-4,7-8,12-13,19H2,1-2H3. The molecular formula is C18H24N2O. The monoisotopic (exact) mass is 284 g/mol. The number of carbonyl (C=O) groups is 1. The van der Waals surface area contributed by atoms with Crippen LogP contribution in [0.3, 0.4) is 0 Å². The highest BCUT2D eigenvalue weighted by Crippen LogP contribution is 2.27. The molecule has 1 saturated carbocycles. The van der Waals surface area contributed by atoms with Crippen molar-refractivity contribution in [2.24, 2.45) is 11.7 Å². The summed E-state index contributed by atoms with van der Waals surface area (Å²) in [7, 11) is 0. The zero-order chi connectivity index (χ0) is 15.2. The molecular weight excluding hydrogens is 260 g/mol. The van der Waals surface area contributed by atoms with E-state index in [0.717, 1.165) is 29.8 Å². The van der Waals surface area contributed by atoms with Crippen LogP contribution in [-0.2, 0) is 0 Å². The SMILES string of the molecule is CCN(CC1CCC1)C(=O)c1cccc(C#CCN)c1C. The van der Waals surface area contributed by atoms with E-state index in [1.807, 2.05) is 36.9 Å². The van der Waals surface area contributed by atoms with Crippen LogP contribution in [0.1, 0.15) is 47.7 Å². The Morgan fingerprint density at radius 3 is 2.76 bits per heavy atom. The molecule has 1 aromatic carbocycles. The van der Waals surface area contributed by atoms with Gasteiger partial charge in [-0.05, 0) is 50.3 Å². The van der Waals surface area contributed by atoms with Crippen LogP contribution in [0.2, 0.25) is 0 Å². The van der Waals surface area contributed by atoms with Gasteiger partial charge in [-0.2, -0.15) is 0 Å². The van der Waals surface area contributed by atoms with Crippen molar-refractivity contribution in [3.8, 4) is 11.8 Å². The maximum Gasteiger partial charge on any atom is 0.254 e. The second-order valence-electron chi connectivity index (χ2n) is 5.62. The van der Waals surface area contributed by atoms with Gasteiger partial charge in [-0.1, -0.05) is 24.3 Å². The number of amides is 1. The molecule has 1 aromatic rings. The maximum absolute atomic E-state index is 12.8. The van der Waals surface area contributed by atoms with Gasteiger partial charge in [0.2, 0.25) is 0 Å². The van der Waals surface area contributed by atoms with Crippen LogP contribution in [0.25, 0.3) is 0 Å². The Bertz CT molecular complexity index is 564. The van der Waals surface area contributed by atoms with Crippen molar-refractivity contribution in [1.82, 2.24) is 4.90 Å². The van der Waals surface area contributed by atoms with E-state index in [1.54, 1.807) is 0 Å². The van der Waals surface area contributed by atoms with E-state index >= 15 is 0 Å². The zero-order valence-electron chi connectivity index (χ0n) is 13.0. The molecule has 0 bridgehead atoms. The minimum Gasteiger partial charge on any atom is -0.339 e. The van der Waals surface area contributed by atoms with E-state index in [1.165, 1.54) is 19.3 Å². The third-order valence-electron chi connectivity index (χ3n) is 4.26. The Morgan fingerprint density at radius 2 is 2.19 bits per heavy atom. The molecule has 3 heteroatoms. The molecule has 1 aliphatic carbocycles. The first-order valence-electron chi connectivity index (χ1n) is 7.75. The van der Waals surface area contributed by atoms with E-state index in [9.17, 15) is 4.79 Å². The summed E-state index contributed by atoms with van der Waals surface area (Å²) in [5, 5.41) is 0. The Balaban J connectivity index is 2.20. The third kappa shape index (κ3) is 3.65. The molecule has 2 N–H and O–H groups in total. The Labute approximate surface area is 127 Å². The van der Waals surface area contributed by atoms with Crippen LogP contribution in [0, 0.1) is 24.7 Å². The normalized spacial score (nSPS) is 14.0. The summed E-state index contributed by atoms with van der Waals surface area (Å²) in [6.07, 6.45) is 3.81. The van der Waals surface area contributed by atoms with E-state index in [-0.39, 0.29) is 5.91 Å². The average Bonchev–Trinajstić information content (AvgIpc) is 2.45. The van der Waals surface area contributed by atoms with Gasteiger partial charge >= 0.3 is 0 Å². The fourth-order valence-electron chi connectivity index (χ4n) is 2.66. The molecule has 2 rings (SSSR count). The van der Waals surface area contributed by atoms with Gasteiger partial charge in [0.15, 0.2) is 0 Å². The van der Waals surface area contributed by atoms with E-state index < -0.39 is 0 Å². The summed E-state index contributed by atoms with van der Waals surface area (Å²) >= 11 is 0. The first kappa shape index (κ1) is 15.6. The van der Waals surface area contributed by atoms with Gasteiger partial charge in [-0.3, -0.25) is 4.79 Å². The summed E-state index contributed by atoms with van der Waals surface area (Å²) in [5.41, 5.74) is 8.03. The number of rotatable bonds is 4. The van der Waals surface area contributed by atoms with Crippen LogP contribution in [0.4, 0.5) is 0 Å². The van der Waals surface area contributed by atoms with Gasteiger partial charge in [-0.15, -0.1) is 0 Å². The zero-order valence-corrected chi connectivity index (χ0v) is 13.0. The second-order valence-corrected chi connectivity index (χ2v) is 5.62. The van der Waals surface area contributed by atoms with Crippen LogP contribution in [0.5, 0.6) is 0 Å². The second kappa shape index (κ2) is 7.28. The number of nitrogens with zero attached hydrogens (tertiary/aromatic N) is 1. The lowest BCUT2D eigenvalue weighted by atomic mass is 9.85. The highest BCUT2D eigenvalue weighted by Gasteiger charge is 2.24. The molecule has 0 saturated heterocycles. The number of hydrogen-bond donors (Lipinski definition) is 1. The molecule has 0 radical (unpaired) electrons. The molecule has 0 unspecified atom stereocenters. The number of carbonyl (C=O) groups excluding carboxylic acids is 1. The van der Waals surface area contributed by atoms with E-state index in [0.29, 0.717) is 12.5 Å². The summed E-state index contributed by atoms with van der Waals surface area (Å²) in [4.78, 5) is 14.7. The summed E-state index contributed by atoms with van der Waals surface area (Å²) in [6.45, 7) is 5.98. The molecule has 1 fully saturated rings. The Hall–Kier alpha value is -1.79. The van der Waals surface area contributed by atoms with E-state index in [2.05, 4.69) is 11.8 Å². The Kier molecular flexibility index (Phi) is 5.41. The minimum atomic E-state index is 0.123. The van der Waals surface area contributed by atoms with Crippen LogP contribution < -0.4 is 5.73 Å². The van der Waals surface area contributed by atoms with Gasteiger partial charge in [0.1, 0.15) is 0 Å². The molecule has 112 valence electrons. The molecule has 21 heavy (non-hydrogen) atoms.